The third kappa shape index (κ3) is 7.74. The lowest BCUT2D eigenvalue weighted by molar-refractivity contribution is 0.122. The van der Waals surface area contributed by atoms with E-state index < -0.39 is 0 Å². The van der Waals surface area contributed by atoms with Gasteiger partial charge in [0.05, 0.1) is 19.8 Å². The second kappa shape index (κ2) is 12.5. The summed E-state index contributed by atoms with van der Waals surface area (Å²) in [6.45, 7) is 7.58. The molecule has 29 heavy (non-hydrogen) atoms. The van der Waals surface area contributed by atoms with Crippen LogP contribution in [0.5, 0.6) is 5.75 Å². The smallest absolute Gasteiger partial charge is 0.191 e. The van der Waals surface area contributed by atoms with Gasteiger partial charge in [-0.15, -0.1) is 24.0 Å². The van der Waals surface area contributed by atoms with Crippen molar-refractivity contribution < 1.29 is 9.47 Å². The zero-order valence-corrected chi connectivity index (χ0v) is 19.5. The van der Waals surface area contributed by atoms with E-state index in [4.69, 9.17) is 9.47 Å². The van der Waals surface area contributed by atoms with Gasteiger partial charge in [0, 0.05) is 32.4 Å². The number of morpholine rings is 1. The zero-order valence-electron chi connectivity index (χ0n) is 17.2. The SMILES string of the molecule is CN=C(NCCOc1ccc(C)cc1)NCc1ccc(N2CCOCC2)cc1.I. The van der Waals surface area contributed by atoms with E-state index in [0.717, 1.165) is 44.6 Å². The Morgan fingerprint density at radius 1 is 1.03 bits per heavy atom. The van der Waals surface area contributed by atoms with E-state index in [0.29, 0.717) is 13.2 Å². The van der Waals surface area contributed by atoms with E-state index in [1.54, 1.807) is 7.05 Å². The van der Waals surface area contributed by atoms with Crippen LogP contribution in [-0.4, -0.2) is 52.5 Å². The van der Waals surface area contributed by atoms with Crippen LogP contribution in [0.3, 0.4) is 0 Å². The molecule has 0 saturated carbocycles. The van der Waals surface area contributed by atoms with E-state index in [9.17, 15) is 0 Å². The van der Waals surface area contributed by atoms with Gasteiger partial charge in [-0.3, -0.25) is 4.99 Å². The van der Waals surface area contributed by atoms with Gasteiger partial charge >= 0.3 is 0 Å². The summed E-state index contributed by atoms with van der Waals surface area (Å²) < 4.78 is 11.1. The molecule has 2 N–H and O–H groups in total. The Morgan fingerprint density at radius 3 is 2.38 bits per heavy atom. The van der Waals surface area contributed by atoms with Crippen LogP contribution < -0.4 is 20.3 Å². The number of hydrogen-bond acceptors (Lipinski definition) is 4. The van der Waals surface area contributed by atoms with E-state index in [-0.39, 0.29) is 24.0 Å². The number of ether oxygens (including phenoxy) is 2. The number of hydrogen-bond donors (Lipinski definition) is 2. The van der Waals surface area contributed by atoms with Crippen LogP contribution in [0.4, 0.5) is 5.69 Å². The highest BCUT2D eigenvalue weighted by Crippen LogP contribution is 2.16. The van der Waals surface area contributed by atoms with Crippen molar-refractivity contribution in [2.45, 2.75) is 13.5 Å². The minimum absolute atomic E-state index is 0. The van der Waals surface area contributed by atoms with Crippen LogP contribution in [-0.2, 0) is 11.3 Å². The van der Waals surface area contributed by atoms with Crippen molar-refractivity contribution in [1.82, 2.24) is 10.6 Å². The number of rotatable bonds is 7. The molecule has 6 nitrogen and oxygen atoms in total. The van der Waals surface area contributed by atoms with Crippen molar-refractivity contribution in [3.63, 3.8) is 0 Å². The van der Waals surface area contributed by atoms with Crippen LogP contribution in [0.2, 0.25) is 0 Å². The lowest BCUT2D eigenvalue weighted by Gasteiger charge is -2.28. The summed E-state index contributed by atoms with van der Waals surface area (Å²) in [5.41, 5.74) is 3.70. The van der Waals surface area contributed by atoms with Crippen molar-refractivity contribution >= 4 is 35.6 Å². The molecule has 0 bridgehead atoms. The molecule has 1 heterocycles. The number of aliphatic imine (C=N–C) groups is 1. The van der Waals surface area contributed by atoms with Gasteiger partial charge in [0.1, 0.15) is 12.4 Å². The molecular weight excluding hydrogens is 479 g/mol. The highest BCUT2D eigenvalue weighted by Gasteiger charge is 2.10. The minimum Gasteiger partial charge on any atom is -0.492 e. The quantitative estimate of drug-likeness (QED) is 0.260. The summed E-state index contributed by atoms with van der Waals surface area (Å²) in [6, 6.07) is 16.7. The molecule has 1 aliphatic rings. The highest BCUT2D eigenvalue weighted by atomic mass is 127. The van der Waals surface area contributed by atoms with Crippen molar-refractivity contribution in [1.29, 1.82) is 0 Å². The summed E-state index contributed by atoms with van der Waals surface area (Å²) >= 11 is 0. The number of guanidine groups is 1. The Labute approximate surface area is 190 Å². The lowest BCUT2D eigenvalue weighted by atomic mass is 10.2. The third-order valence-corrected chi connectivity index (χ3v) is 4.68. The molecule has 0 unspecified atom stereocenters. The Hall–Kier alpha value is -2.00. The fourth-order valence-electron chi connectivity index (χ4n) is 3.03. The minimum atomic E-state index is 0. The molecule has 2 aromatic carbocycles. The van der Waals surface area contributed by atoms with Crippen molar-refractivity contribution in [3.05, 3.63) is 59.7 Å². The molecule has 0 atom stereocenters. The van der Waals surface area contributed by atoms with Crippen LogP contribution in [0.25, 0.3) is 0 Å². The van der Waals surface area contributed by atoms with E-state index in [2.05, 4.69) is 51.7 Å². The number of nitrogens with one attached hydrogen (secondary N) is 2. The monoisotopic (exact) mass is 510 g/mol. The van der Waals surface area contributed by atoms with Crippen LogP contribution in [0.15, 0.2) is 53.5 Å². The fraction of sp³-hybridized carbons (Fsp3) is 0.409. The molecule has 2 aromatic rings. The molecule has 0 aliphatic carbocycles. The molecule has 3 rings (SSSR count). The normalized spacial score (nSPS) is 14.1. The molecule has 0 aromatic heterocycles. The lowest BCUT2D eigenvalue weighted by Crippen LogP contribution is -2.39. The van der Waals surface area contributed by atoms with E-state index in [1.807, 2.05) is 24.3 Å². The number of benzene rings is 2. The largest absolute Gasteiger partial charge is 0.492 e. The number of halogens is 1. The summed E-state index contributed by atoms with van der Waals surface area (Å²) in [5, 5.41) is 6.62. The summed E-state index contributed by atoms with van der Waals surface area (Å²) in [6.07, 6.45) is 0. The van der Waals surface area contributed by atoms with Gasteiger partial charge in [-0.2, -0.15) is 0 Å². The highest BCUT2D eigenvalue weighted by molar-refractivity contribution is 14.0. The molecule has 1 fully saturated rings. The van der Waals surface area contributed by atoms with Crippen LogP contribution >= 0.6 is 24.0 Å². The topological polar surface area (TPSA) is 58.1 Å². The van der Waals surface area contributed by atoms with Crippen LogP contribution in [0, 0.1) is 6.92 Å². The average molecular weight is 510 g/mol. The van der Waals surface area contributed by atoms with Crippen molar-refractivity contribution in [3.8, 4) is 5.75 Å². The Bertz CT molecular complexity index is 744. The van der Waals surface area contributed by atoms with E-state index >= 15 is 0 Å². The average Bonchev–Trinajstić information content (AvgIpc) is 2.75. The van der Waals surface area contributed by atoms with Gasteiger partial charge < -0.3 is 25.0 Å². The zero-order chi connectivity index (χ0) is 19.6. The molecule has 7 heteroatoms. The molecule has 0 radical (unpaired) electrons. The molecule has 158 valence electrons. The second-order valence-electron chi connectivity index (χ2n) is 6.78. The summed E-state index contributed by atoms with van der Waals surface area (Å²) in [5.74, 6) is 1.65. The maximum absolute atomic E-state index is 5.73. The van der Waals surface area contributed by atoms with E-state index in [1.165, 1.54) is 16.8 Å². The Kier molecular flexibility index (Phi) is 10.1. The van der Waals surface area contributed by atoms with Gasteiger partial charge in [0.25, 0.3) is 0 Å². The van der Waals surface area contributed by atoms with Gasteiger partial charge in [-0.05, 0) is 36.8 Å². The molecule has 1 aliphatic heterocycles. The second-order valence-corrected chi connectivity index (χ2v) is 6.78. The van der Waals surface area contributed by atoms with Crippen molar-refractivity contribution in [2.75, 3.05) is 51.4 Å². The molecule has 0 spiro atoms. The first-order chi connectivity index (χ1) is 13.7. The van der Waals surface area contributed by atoms with Crippen LogP contribution in [0.1, 0.15) is 11.1 Å². The Balaban J connectivity index is 0.00000300. The van der Waals surface area contributed by atoms with Gasteiger partial charge in [0.2, 0.25) is 0 Å². The predicted octanol–water partition coefficient (Wildman–Crippen LogP) is 3.19. The number of anilines is 1. The third-order valence-electron chi connectivity index (χ3n) is 4.68. The first kappa shape index (κ1) is 23.3. The van der Waals surface area contributed by atoms with Gasteiger partial charge in [0.15, 0.2) is 5.96 Å². The maximum atomic E-state index is 5.73. The Morgan fingerprint density at radius 2 is 1.72 bits per heavy atom. The van der Waals surface area contributed by atoms with Gasteiger partial charge in [-0.25, -0.2) is 0 Å². The molecule has 1 saturated heterocycles. The standard InChI is InChI=1S/C22H30N4O2.HI/c1-18-3-9-21(10-4-18)28-14-11-24-22(23-2)25-17-19-5-7-20(8-6-19)26-12-15-27-16-13-26;/h3-10H,11-17H2,1-2H3,(H2,23,24,25);1H. The predicted molar refractivity (Wildman–Crippen MR) is 130 cm³/mol. The summed E-state index contributed by atoms with van der Waals surface area (Å²) in [4.78, 5) is 6.62. The first-order valence-corrected chi connectivity index (χ1v) is 9.80. The molecule has 0 amide bonds. The van der Waals surface area contributed by atoms with Gasteiger partial charge in [-0.1, -0.05) is 29.8 Å². The fourth-order valence-corrected chi connectivity index (χ4v) is 3.03. The first-order valence-electron chi connectivity index (χ1n) is 9.80. The number of nitrogens with zero attached hydrogens (tertiary/aromatic N) is 2. The maximum Gasteiger partial charge on any atom is 0.191 e. The molecular formula is C22H31IN4O2. The summed E-state index contributed by atoms with van der Waals surface area (Å²) in [7, 11) is 1.78. The van der Waals surface area contributed by atoms with Crippen molar-refractivity contribution in [2.24, 2.45) is 4.99 Å². The number of aryl methyl sites for hydroxylation is 1.